The SMILES string of the molecule is CCOC(=O)CN(C(=O)CSc1nnc(-c2ccncc2)n1CCCN(C)C)c1cccc([N+](=O)[O-])c1. The number of non-ortho nitro benzene ring substituents is 1. The number of rotatable bonds is 13. The summed E-state index contributed by atoms with van der Waals surface area (Å²) >= 11 is 1.19. The maximum Gasteiger partial charge on any atom is 0.326 e. The lowest BCUT2D eigenvalue weighted by Gasteiger charge is -2.21. The van der Waals surface area contributed by atoms with Crippen LogP contribution in [0.3, 0.4) is 0 Å². The van der Waals surface area contributed by atoms with Crippen LogP contribution < -0.4 is 4.90 Å². The van der Waals surface area contributed by atoms with Crippen molar-refractivity contribution in [3.8, 4) is 11.4 Å². The van der Waals surface area contributed by atoms with Crippen LogP contribution in [0, 0.1) is 10.1 Å². The fourth-order valence-electron chi connectivity index (χ4n) is 3.49. The van der Waals surface area contributed by atoms with Crippen LogP contribution in [0.15, 0.2) is 53.9 Å². The van der Waals surface area contributed by atoms with E-state index in [1.54, 1.807) is 25.4 Å². The molecule has 12 nitrogen and oxygen atoms in total. The normalized spacial score (nSPS) is 10.9. The second-order valence-electron chi connectivity index (χ2n) is 8.20. The summed E-state index contributed by atoms with van der Waals surface area (Å²) in [7, 11) is 3.99. The Morgan fingerprint density at radius 2 is 1.92 bits per heavy atom. The average Bonchev–Trinajstić information content (AvgIpc) is 3.29. The van der Waals surface area contributed by atoms with Crippen molar-refractivity contribution in [3.05, 3.63) is 58.9 Å². The number of nitro groups is 1. The van der Waals surface area contributed by atoms with Gasteiger partial charge >= 0.3 is 5.97 Å². The Bertz CT molecular complexity index is 1220. The molecule has 0 unspecified atom stereocenters. The molecule has 1 aromatic carbocycles. The largest absolute Gasteiger partial charge is 0.465 e. The molecule has 0 saturated carbocycles. The quantitative estimate of drug-likeness (QED) is 0.141. The lowest BCUT2D eigenvalue weighted by Crippen LogP contribution is -2.37. The van der Waals surface area contributed by atoms with Gasteiger partial charge in [-0.15, -0.1) is 10.2 Å². The van der Waals surface area contributed by atoms with Gasteiger partial charge in [-0.25, -0.2) is 0 Å². The Labute approximate surface area is 218 Å². The van der Waals surface area contributed by atoms with Crippen molar-refractivity contribution >= 4 is 35.0 Å². The first-order valence-electron chi connectivity index (χ1n) is 11.6. The van der Waals surface area contributed by atoms with Crippen molar-refractivity contribution in [2.45, 2.75) is 25.0 Å². The van der Waals surface area contributed by atoms with Gasteiger partial charge in [-0.05, 0) is 52.2 Å². The molecule has 0 radical (unpaired) electrons. The molecule has 196 valence electrons. The summed E-state index contributed by atoms with van der Waals surface area (Å²) in [5, 5.41) is 20.5. The van der Waals surface area contributed by atoms with Crippen LogP contribution in [0.5, 0.6) is 0 Å². The number of pyridine rings is 1. The van der Waals surface area contributed by atoms with Gasteiger partial charge in [0.25, 0.3) is 5.69 Å². The zero-order chi connectivity index (χ0) is 26.8. The van der Waals surface area contributed by atoms with Crippen LogP contribution in [0.1, 0.15) is 13.3 Å². The Kier molecular flexibility index (Phi) is 10.1. The number of hydrogen-bond acceptors (Lipinski definition) is 10. The molecule has 1 amide bonds. The maximum atomic E-state index is 13.3. The third-order valence-electron chi connectivity index (χ3n) is 5.21. The van der Waals surface area contributed by atoms with Crippen LogP contribution in [0.25, 0.3) is 11.4 Å². The minimum Gasteiger partial charge on any atom is -0.465 e. The van der Waals surface area contributed by atoms with Crippen molar-refractivity contribution in [3.63, 3.8) is 0 Å². The lowest BCUT2D eigenvalue weighted by atomic mass is 10.2. The van der Waals surface area contributed by atoms with E-state index in [1.807, 2.05) is 30.8 Å². The summed E-state index contributed by atoms with van der Waals surface area (Å²) in [5.41, 5.74) is 0.901. The second-order valence-corrected chi connectivity index (χ2v) is 9.14. The number of carbonyl (C=O) groups is 2. The van der Waals surface area contributed by atoms with E-state index in [2.05, 4.69) is 20.1 Å². The smallest absolute Gasteiger partial charge is 0.326 e. The number of benzene rings is 1. The fraction of sp³-hybridized carbons (Fsp3) is 0.375. The number of esters is 1. The summed E-state index contributed by atoms with van der Waals surface area (Å²) in [6.07, 6.45) is 4.20. The minimum absolute atomic E-state index is 0.0652. The van der Waals surface area contributed by atoms with Gasteiger partial charge in [0.05, 0.1) is 23.0 Å². The van der Waals surface area contributed by atoms with Gasteiger partial charge in [0, 0.05) is 36.6 Å². The van der Waals surface area contributed by atoms with Crippen LogP contribution in [0.2, 0.25) is 0 Å². The molecule has 0 spiro atoms. The van der Waals surface area contributed by atoms with Crippen molar-refractivity contribution in [2.24, 2.45) is 0 Å². The van der Waals surface area contributed by atoms with Gasteiger partial charge in [-0.1, -0.05) is 17.8 Å². The first kappa shape index (κ1) is 27.7. The van der Waals surface area contributed by atoms with Crippen molar-refractivity contribution in [1.29, 1.82) is 0 Å². The predicted molar refractivity (Wildman–Crippen MR) is 139 cm³/mol. The predicted octanol–water partition coefficient (Wildman–Crippen LogP) is 2.89. The van der Waals surface area contributed by atoms with Crippen molar-refractivity contribution in [2.75, 3.05) is 44.4 Å². The number of nitrogens with zero attached hydrogens (tertiary/aromatic N) is 7. The van der Waals surface area contributed by atoms with Gasteiger partial charge in [0.15, 0.2) is 11.0 Å². The number of amides is 1. The molecule has 37 heavy (non-hydrogen) atoms. The number of carbonyl (C=O) groups excluding carboxylic acids is 2. The van der Waals surface area contributed by atoms with Gasteiger partial charge in [-0.3, -0.25) is 24.7 Å². The summed E-state index contributed by atoms with van der Waals surface area (Å²) < 4.78 is 6.97. The first-order valence-corrected chi connectivity index (χ1v) is 12.6. The van der Waals surface area contributed by atoms with E-state index in [9.17, 15) is 19.7 Å². The van der Waals surface area contributed by atoms with Gasteiger partial charge < -0.3 is 19.1 Å². The van der Waals surface area contributed by atoms with Crippen LogP contribution >= 0.6 is 11.8 Å². The number of nitro benzene ring substituents is 1. The fourth-order valence-corrected chi connectivity index (χ4v) is 4.34. The highest BCUT2D eigenvalue weighted by molar-refractivity contribution is 7.99. The molecule has 0 bridgehead atoms. The molecule has 0 aliphatic rings. The minimum atomic E-state index is -0.612. The van der Waals surface area contributed by atoms with Crippen LogP contribution in [0.4, 0.5) is 11.4 Å². The number of hydrogen-bond donors (Lipinski definition) is 0. The van der Waals surface area contributed by atoms with E-state index in [0.717, 1.165) is 18.5 Å². The molecule has 0 saturated heterocycles. The molecule has 3 rings (SSSR count). The molecule has 3 aromatic rings. The first-order chi connectivity index (χ1) is 17.8. The van der Waals surface area contributed by atoms with Crippen LogP contribution in [-0.4, -0.2) is 81.0 Å². The summed E-state index contributed by atoms with van der Waals surface area (Å²) in [6.45, 7) is 2.94. The molecule has 0 aliphatic carbocycles. The van der Waals surface area contributed by atoms with Gasteiger partial charge in [0.2, 0.25) is 5.91 Å². The van der Waals surface area contributed by atoms with E-state index in [0.29, 0.717) is 17.5 Å². The Balaban J connectivity index is 1.83. The maximum absolute atomic E-state index is 13.3. The molecule has 0 atom stereocenters. The van der Waals surface area contributed by atoms with E-state index >= 15 is 0 Å². The highest BCUT2D eigenvalue weighted by Crippen LogP contribution is 2.26. The van der Waals surface area contributed by atoms with E-state index in [-0.39, 0.29) is 30.3 Å². The highest BCUT2D eigenvalue weighted by atomic mass is 32.2. The third kappa shape index (κ3) is 7.82. The zero-order valence-corrected chi connectivity index (χ0v) is 21.8. The Morgan fingerprint density at radius 1 is 1.16 bits per heavy atom. The molecule has 0 aliphatic heterocycles. The van der Waals surface area contributed by atoms with Crippen LogP contribution in [-0.2, 0) is 20.9 Å². The second kappa shape index (κ2) is 13.5. The van der Waals surface area contributed by atoms with Crippen molar-refractivity contribution in [1.82, 2.24) is 24.6 Å². The zero-order valence-electron chi connectivity index (χ0n) is 20.9. The summed E-state index contributed by atoms with van der Waals surface area (Å²) in [5.74, 6) is -0.436. The number of aromatic nitrogens is 4. The van der Waals surface area contributed by atoms with E-state index in [1.165, 1.54) is 34.9 Å². The van der Waals surface area contributed by atoms with Gasteiger partial charge in [-0.2, -0.15) is 0 Å². The Hall–Kier alpha value is -3.84. The third-order valence-corrected chi connectivity index (χ3v) is 6.16. The topological polar surface area (TPSA) is 137 Å². The molecular weight excluding hydrogens is 498 g/mol. The average molecular weight is 528 g/mol. The highest BCUT2D eigenvalue weighted by Gasteiger charge is 2.23. The number of anilines is 1. The molecule has 0 N–H and O–H groups in total. The molecule has 13 heteroatoms. The molecular formula is C24H29N7O5S. The van der Waals surface area contributed by atoms with Gasteiger partial charge in [0.1, 0.15) is 6.54 Å². The lowest BCUT2D eigenvalue weighted by molar-refractivity contribution is -0.384. The van der Waals surface area contributed by atoms with E-state index < -0.39 is 16.8 Å². The monoisotopic (exact) mass is 527 g/mol. The standard InChI is InChI=1S/C24H29N7O5S/c1-4-36-22(33)16-30(19-7-5-8-20(15-19)31(34)35)21(32)17-37-24-27-26-23(18-9-11-25-12-10-18)29(24)14-6-13-28(2)3/h5,7-12,15H,4,6,13-14,16-17H2,1-3H3. The number of ether oxygens (including phenoxy) is 1. The summed E-state index contributed by atoms with van der Waals surface area (Å²) in [4.78, 5) is 43.5. The summed E-state index contributed by atoms with van der Waals surface area (Å²) in [6, 6.07) is 9.27. The number of thioether (sulfide) groups is 1. The molecule has 2 aromatic heterocycles. The Morgan fingerprint density at radius 3 is 2.59 bits per heavy atom. The van der Waals surface area contributed by atoms with E-state index in [4.69, 9.17) is 4.74 Å². The van der Waals surface area contributed by atoms with Crippen molar-refractivity contribution < 1.29 is 19.2 Å². The molecule has 0 fully saturated rings. The molecule has 2 heterocycles.